The van der Waals surface area contributed by atoms with E-state index in [1.165, 1.54) is 46.8 Å². The molecule has 1 N–H and O–H groups in total. The number of hydrogen-bond acceptors (Lipinski definition) is 5. The minimum atomic E-state index is -3.86. The van der Waals surface area contributed by atoms with Crippen LogP contribution in [0, 0.1) is 17.7 Å². The molecule has 0 radical (unpaired) electrons. The molecule has 11 heteroatoms. The summed E-state index contributed by atoms with van der Waals surface area (Å²) in [6.07, 6.45) is 2.69. The number of alkyl halides is 1. The summed E-state index contributed by atoms with van der Waals surface area (Å²) in [7, 11) is -3.86. The van der Waals surface area contributed by atoms with Crippen LogP contribution >= 0.6 is 0 Å². The summed E-state index contributed by atoms with van der Waals surface area (Å²) in [6, 6.07) is 9.34. The number of fused-ring (bicyclic) bond motifs is 1. The van der Waals surface area contributed by atoms with Crippen molar-refractivity contribution in [3.8, 4) is 5.75 Å². The smallest absolute Gasteiger partial charge is 0.309 e. The largest absolute Gasteiger partial charge is 0.481 e. The molecule has 2 aromatic carbocycles. The Bertz CT molecular complexity index is 1360. The molecule has 1 saturated heterocycles. The predicted molar refractivity (Wildman–Crippen MR) is 123 cm³/mol. The Morgan fingerprint density at radius 1 is 1.14 bits per heavy atom. The average Bonchev–Trinajstić information content (AvgIpc) is 3.35. The van der Waals surface area contributed by atoms with Gasteiger partial charge in [0.25, 0.3) is 0 Å². The maximum absolute atomic E-state index is 14.2. The fourth-order valence-corrected chi connectivity index (χ4v) is 6.68. The molecule has 1 aromatic heterocycles. The van der Waals surface area contributed by atoms with Gasteiger partial charge in [-0.1, -0.05) is 19.3 Å². The monoisotopic (exact) mass is 505 g/mol. The van der Waals surface area contributed by atoms with E-state index >= 15 is 0 Å². The minimum Gasteiger partial charge on any atom is -0.481 e. The minimum absolute atomic E-state index is 0.0447. The number of carbonyl (C=O) groups is 1. The fourth-order valence-electron chi connectivity index (χ4n) is 5.18. The number of sulfonamides is 1. The second-order valence-electron chi connectivity index (χ2n) is 9.09. The molecule has 0 spiro atoms. The van der Waals surface area contributed by atoms with E-state index in [2.05, 4.69) is 5.10 Å². The predicted octanol–water partition coefficient (Wildman–Crippen LogP) is 3.77. The van der Waals surface area contributed by atoms with Gasteiger partial charge in [0.1, 0.15) is 11.6 Å². The molecule has 5 rings (SSSR count). The summed E-state index contributed by atoms with van der Waals surface area (Å²) in [5.74, 6) is -1.03. The number of aliphatic carboxylic acids is 1. The molecule has 1 aliphatic carbocycles. The molecule has 8 nitrogen and oxygen atoms in total. The van der Waals surface area contributed by atoms with E-state index in [4.69, 9.17) is 4.74 Å². The molecule has 3 aromatic rings. The third-order valence-corrected chi connectivity index (χ3v) is 8.96. The third kappa shape index (κ3) is 4.38. The van der Waals surface area contributed by atoms with E-state index in [1.54, 1.807) is 4.68 Å². The summed E-state index contributed by atoms with van der Waals surface area (Å²) >= 11 is 0. The highest BCUT2D eigenvalue weighted by atomic mass is 32.2. The van der Waals surface area contributed by atoms with Crippen LogP contribution in [0.3, 0.4) is 0 Å². The van der Waals surface area contributed by atoms with Gasteiger partial charge in [-0.2, -0.15) is 9.40 Å². The normalized spacial score (nSPS) is 21.3. The number of nitrogens with zero attached hydrogens (tertiary/aromatic N) is 3. The molecule has 35 heavy (non-hydrogen) atoms. The number of aromatic nitrogens is 2. The highest BCUT2D eigenvalue weighted by Gasteiger charge is 2.46. The number of ether oxygens (including phenoxy) is 1. The molecule has 1 unspecified atom stereocenters. The number of halogens is 2. The fraction of sp³-hybridized carbons (Fsp3) is 0.417. The lowest BCUT2D eigenvalue weighted by molar-refractivity contribution is -0.136. The van der Waals surface area contributed by atoms with Gasteiger partial charge in [0.15, 0.2) is 0 Å². The third-order valence-electron chi connectivity index (χ3n) is 7.12. The van der Waals surface area contributed by atoms with E-state index in [0.29, 0.717) is 22.5 Å². The highest BCUT2D eigenvalue weighted by Crippen LogP contribution is 2.45. The first-order valence-corrected chi connectivity index (χ1v) is 12.9. The summed E-state index contributed by atoms with van der Waals surface area (Å²) in [4.78, 5) is 11.5. The van der Waals surface area contributed by atoms with Gasteiger partial charge in [-0.15, -0.1) is 0 Å². The first-order chi connectivity index (χ1) is 16.8. The molecule has 0 bridgehead atoms. The van der Waals surface area contributed by atoms with Crippen LogP contribution in [0.5, 0.6) is 5.75 Å². The first kappa shape index (κ1) is 23.7. The van der Waals surface area contributed by atoms with Crippen LogP contribution in [-0.2, 0) is 21.2 Å². The summed E-state index contributed by atoms with van der Waals surface area (Å²) in [6.45, 7) is -0.595. The van der Waals surface area contributed by atoms with Crippen molar-refractivity contribution in [1.82, 2.24) is 14.1 Å². The van der Waals surface area contributed by atoms with Crippen molar-refractivity contribution in [3.63, 3.8) is 0 Å². The number of benzene rings is 2. The van der Waals surface area contributed by atoms with Gasteiger partial charge in [0.2, 0.25) is 16.9 Å². The molecule has 2 atom stereocenters. The Morgan fingerprint density at radius 3 is 2.51 bits per heavy atom. The first-order valence-electron chi connectivity index (χ1n) is 11.5. The molecule has 2 heterocycles. The van der Waals surface area contributed by atoms with Gasteiger partial charge < -0.3 is 9.84 Å². The van der Waals surface area contributed by atoms with Gasteiger partial charge in [-0.05, 0) is 54.3 Å². The van der Waals surface area contributed by atoms with Crippen LogP contribution in [0.2, 0.25) is 0 Å². The second kappa shape index (κ2) is 9.19. The van der Waals surface area contributed by atoms with E-state index < -0.39 is 28.7 Å². The van der Waals surface area contributed by atoms with Crippen molar-refractivity contribution in [2.75, 3.05) is 20.0 Å². The van der Waals surface area contributed by atoms with Gasteiger partial charge >= 0.3 is 5.97 Å². The standard InChI is InChI=1S/C24H25F2N3O5S/c25-14-34-17-5-7-18(8-6-17)35(32,33)28-12-20(15-2-1-3-15)23(13-28)29-22-10-16(26)4-9-19(22)21(27-29)11-24(30)31/h4-10,15,20,23H,1-3,11-14H2,(H,30,31)/t20?,23-/m0/s1. The Kier molecular flexibility index (Phi) is 6.22. The molecule has 186 valence electrons. The Balaban J connectivity index is 1.52. The number of carboxylic acid groups (broad SMARTS) is 1. The van der Waals surface area contributed by atoms with E-state index in [9.17, 15) is 27.1 Å². The van der Waals surface area contributed by atoms with Crippen LogP contribution in [0.25, 0.3) is 10.9 Å². The summed E-state index contributed by atoms with van der Waals surface area (Å²) in [5.41, 5.74) is 0.784. The van der Waals surface area contributed by atoms with Gasteiger partial charge in [-0.3, -0.25) is 9.48 Å². The Hall–Kier alpha value is -3.05. The second-order valence-corrected chi connectivity index (χ2v) is 11.0. The molecule has 1 aliphatic heterocycles. The lowest BCUT2D eigenvalue weighted by Crippen LogP contribution is -2.31. The van der Waals surface area contributed by atoms with Gasteiger partial charge in [0.05, 0.1) is 28.6 Å². The Labute approximate surface area is 201 Å². The van der Waals surface area contributed by atoms with Crippen molar-refractivity contribution in [2.45, 2.75) is 36.6 Å². The quantitative estimate of drug-likeness (QED) is 0.500. The molecule has 1 saturated carbocycles. The molecular formula is C24H25F2N3O5S. The number of hydrogen-bond donors (Lipinski definition) is 1. The maximum Gasteiger partial charge on any atom is 0.309 e. The van der Waals surface area contributed by atoms with E-state index in [-0.39, 0.29) is 42.1 Å². The van der Waals surface area contributed by atoms with Crippen LogP contribution in [0.1, 0.15) is 31.0 Å². The van der Waals surface area contributed by atoms with Crippen molar-refractivity contribution < 1.29 is 31.8 Å². The van der Waals surface area contributed by atoms with Crippen LogP contribution in [0.15, 0.2) is 47.4 Å². The van der Waals surface area contributed by atoms with Crippen molar-refractivity contribution in [2.24, 2.45) is 11.8 Å². The number of carboxylic acids is 1. The maximum atomic E-state index is 14.2. The topological polar surface area (TPSA) is 102 Å². The SMILES string of the molecule is O=C(O)Cc1nn([C@H]2CN(S(=O)(=O)c3ccc(OCF)cc3)CC2C2CCC2)c2cc(F)ccc12. The lowest BCUT2D eigenvalue weighted by Gasteiger charge is -2.34. The van der Waals surface area contributed by atoms with Crippen molar-refractivity contribution in [1.29, 1.82) is 0 Å². The zero-order chi connectivity index (χ0) is 24.7. The van der Waals surface area contributed by atoms with Crippen LogP contribution < -0.4 is 4.74 Å². The lowest BCUT2D eigenvalue weighted by atomic mass is 9.74. The summed E-state index contributed by atoms with van der Waals surface area (Å²) in [5, 5.41) is 14.4. The zero-order valence-electron chi connectivity index (χ0n) is 18.8. The van der Waals surface area contributed by atoms with Crippen molar-refractivity contribution in [3.05, 3.63) is 54.0 Å². The van der Waals surface area contributed by atoms with Gasteiger partial charge in [-0.25, -0.2) is 17.2 Å². The summed E-state index contributed by atoms with van der Waals surface area (Å²) < 4.78 is 61.3. The average molecular weight is 506 g/mol. The number of rotatable bonds is 8. The Morgan fingerprint density at radius 2 is 1.89 bits per heavy atom. The zero-order valence-corrected chi connectivity index (χ0v) is 19.6. The molecular weight excluding hydrogens is 480 g/mol. The molecule has 2 fully saturated rings. The molecule has 0 amide bonds. The highest BCUT2D eigenvalue weighted by molar-refractivity contribution is 7.89. The van der Waals surface area contributed by atoms with Crippen LogP contribution in [0.4, 0.5) is 8.78 Å². The van der Waals surface area contributed by atoms with E-state index in [0.717, 1.165) is 19.3 Å². The van der Waals surface area contributed by atoms with Gasteiger partial charge in [0, 0.05) is 18.5 Å². The molecule has 2 aliphatic rings. The van der Waals surface area contributed by atoms with E-state index in [1.807, 2.05) is 0 Å². The van der Waals surface area contributed by atoms with Crippen molar-refractivity contribution >= 4 is 26.9 Å². The van der Waals surface area contributed by atoms with Crippen LogP contribution in [-0.4, -0.2) is 53.5 Å².